The van der Waals surface area contributed by atoms with Crippen molar-refractivity contribution < 1.29 is 33.2 Å². The van der Waals surface area contributed by atoms with Gasteiger partial charge in [-0.1, -0.05) is 13.3 Å². The Morgan fingerprint density at radius 2 is 1.89 bits per heavy atom. The molecule has 1 aromatic heterocycles. The zero-order valence-corrected chi connectivity index (χ0v) is 15.2. The third-order valence-electron chi connectivity index (χ3n) is 2.37. The normalized spacial score (nSPS) is 10.9. The van der Waals surface area contributed by atoms with E-state index in [1.165, 1.54) is 12.8 Å². The third kappa shape index (κ3) is 8.65. The molecule has 0 radical (unpaired) electrons. The zero-order valence-electron chi connectivity index (χ0n) is 12.2. The predicted octanol–water partition coefficient (Wildman–Crippen LogP) is -0.542. The molecule has 0 fully saturated rings. The summed E-state index contributed by atoms with van der Waals surface area (Å²) in [6.07, 6.45) is 5.80. The largest absolute Gasteiger partial charge is 1.00 e. The zero-order chi connectivity index (χ0) is 13.4. The Hall–Kier alpha value is -0.0800. The molecule has 0 aliphatic heterocycles. The number of hydrogen-bond donors (Lipinski definition) is 0. The number of thioether (sulfide) groups is 1. The van der Waals surface area contributed by atoms with Gasteiger partial charge < -0.3 is 33.2 Å². The van der Waals surface area contributed by atoms with Crippen LogP contribution in [0.4, 0.5) is 0 Å². The lowest BCUT2D eigenvalue weighted by Gasteiger charge is -2.23. The van der Waals surface area contributed by atoms with Crippen molar-refractivity contribution in [2.75, 3.05) is 40.0 Å². The molecule has 1 rings (SSSR count). The Morgan fingerprint density at radius 3 is 2.53 bits per heavy atom. The van der Waals surface area contributed by atoms with Gasteiger partial charge in [-0.15, -0.1) is 11.8 Å². The van der Waals surface area contributed by atoms with Crippen LogP contribution < -0.4 is 28.7 Å². The van der Waals surface area contributed by atoms with Crippen molar-refractivity contribution in [2.45, 2.75) is 24.8 Å². The van der Waals surface area contributed by atoms with Gasteiger partial charge in [-0.25, -0.2) is 9.97 Å². The molecule has 0 unspecified atom stereocenters. The average Bonchev–Trinajstić information content (AvgIpc) is 2.30. The van der Waals surface area contributed by atoms with Crippen molar-refractivity contribution in [3.8, 4) is 5.88 Å². The van der Waals surface area contributed by atoms with Gasteiger partial charge in [0.05, 0.1) is 21.1 Å². The van der Waals surface area contributed by atoms with Gasteiger partial charge in [0.15, 0.2) is 5.03 Å². The molecule has 0 aliphatic carbocycles. The highest BCUT2D eigenvalue weighted by Crippen LogP contribution is 2.25. The molecule has 1 aromatic rings. The minimum absolute atomic E-state index is 0. The number of halogens is 1. The van der Waals surface area contributed by atoms with E-state index >= 15 is 0 Å². The molecule has 0 amide bonds. The van der Waals surface area contributed by atoms with E-state index < -0.39 is 0 Å². The van der Waals surface area contributed by atoms with E-state index in [0.717, 1.165) is 21.8 Å². The van der Waals surface area contributed by atoms with E-state index in [2.05, 4.69) is 38.0 Å². The topological polar surface area (TPSA) is 35.0 Å². The van der Waals surface area contributed by atoms with Crippen LogP contribution in [0.3, 0.4) is 0 Å². The number of unbranched alkanes of at least 4 members (excludes halogenated alkanes) is 1. The van der Waals surface area contributed by atoms with Crippen molar-refractivity contribution in [3.05, 3.63) is 12.4 Å². The molecular weight excluding hydrogens is 373 g/mol. The maximum Gasteiger partial charge on any atom is 0.246 e. The fraction of sp³-hybridized carbons (Fsp3) is 0.692. The van der Waals surface area contributed by atoms with Crippen LogP contribution in [0.1, 0.15) is 19.8 Å². The molecule has 0 saturated carbocycles. The molecule has 6 heteroatoms. The first-order valence-electron chi connectivity index (χ1n) is 6.40. The second-order valence-electron chi connectivity index (χ2n) is 5.23. The van der Waals surface area contributed by atoms with Crippen molar-refractivity contribution in [1.82, 2.24) is 9.97 Å². The summed E-state index contributed by atoms with van der Waals surface area (Å²) in [6.45, 7) is 3.81. The number of quaternary nitrogens is 1. The van der Waals surface area contributed by atoms with Gasteiger partial charge in [-0.05, 0) is 12.2 Å². The maximum atomic E-state index is 5.73. The van der Waals surface area contributed by atoms with Gasteiger partial charge in [0.25, 0.3) is 0 Å². The van der Waals surface area contributed by atoms with E-state index in [0.29, 0.717) is 12.5 Å². The van der Waals surface area contributed by atoms with Gasteiger partial charge in [-0.2, -0.15) is 0 Å². The highest BCUT2D eigenvalue weighted by molar-refractivity contribution is 7.99. The number of nitrogens with zero attached hydrogens (tertiary/aromatic N) is 3. The average molecular weight is 397 g/mol. The van der Waals surface area contributed by atoms with Crippen molar-refractivity contribution in [1.29, 1.82) is 0 Å². The number of rotatable bonds is 8. The first-order valence-corrected chi connectivity index (χ1v) is 7.38. The summed E-state index contributed by atoms with van der Waals surface area (Å²) in [5, 5.41) is 0.910. The van der Waals surface area contributed by atoms with E-state index in [1.807, 2.05) is 0 Å². The predicted molar refractivity (Wildman–Crippen MR) is 76.1 cm³/mol. The Bertz CT molecular complexity index is 358. The van der Waals surface area contributed by atoms with Gasteiger partial charge in [0, 0.05) is 12.4 Å². The van der Waals surface area contributed by atoms with E-state index in [1.54, 1.807) is 24.2 Å². The number of hydrogen-bond acceptors (Lipinski definition) is 4. The summed E-state index contributed by atoms with van der Waals surface area (Å²) in [4.78, 5) is 8.60. The Kier molecular flexibility index (Phi) is 9.72. The SMILES string of the molecule is CCCCSc1nccnc1OCC[N+](C)(C)C.[I-]. The second kappa shape index (κ2) is 9.77. The molecule has 19 heavy (non-hydrogen) atoms. The molecule has 4 nitrogen and oxygen atoms in total. The van der Waals surface area contributed by atoms with Crippen LogP contribution in [0.5, 0.6) is 5.88 Å². The highest BCUT2D eigenvalue weighted by Gasteiger charge is 2.10. The van der Waals surface area contributed by atoms with Crippen LogP contribution in [0.2, 0.25) is 0 Å². The fourth-order valence-corrected chi connectivity index (χ4v) is 2.24. The Balaban J connectivity index is 0.00000324. The maximum absolute atomic E-state index is 5.73. The standard InChI is InChI=1S/C13H24N3OS.HI/c1-5-6-11-18-13-12(14-7-8-15-13)17-10-9-16(2,3)4;/h7-8H,5-6,9-11H2,1-4H3;1H/q+1;/p-1. The van der Waals surface area contributed by atoms with Crippen LogP contribution in [0, 0.1) is 0 Å². The monoisotopic (exact) mass is 397 g/mol. The molecule has 0 aromatic carbocycles. The van der Waals surface area contributed by atoms with Gasteiger partial charge >= 0.3 is 0 Å². The molecule has 1 heterocycles. The summed E-state index contributed by atoms with van der Waals surface area (Å²) < 4.78 is 6.62. The quantitative estimate of drug-likeness (QED) is 0.256. The first kappa shape index (κ1) is 18.9. The molecule has 0 spiro atoms. The van der Waals surface area contributed by atoms with Gasteiger partial charge in [0.2, 0.25) is 5.88 Å². The molecule has 0 atom stereocenters. The molecule has 0 aliphatic rings. The lowest BCUT2D eigenvalue weighted by atomic mass is 10.4. The summed E-state index contributed by atoms with van der Waals surface area (Å²) in [5.41, 5.74) is 0. The van der Waals surface area contributed by atoms with Gasteiger partial charge in [0.1, 0.15) is 13.2 Å². The van der Waals surface area contributed by atoms with Crippen LogP contribution in [-0.2, 0) is 0 Å². The third-order valence-corrected chi connectivity index (χ3v) is 3.42. The number of likely N-dealkylation sites (N-methyl/N-ethyl adjacent to an activating group) is 1. The summed E-state index contributed by atoms with van der Waals surface area (Å²) >= 11 is 1.73. The first-order chi connectivity index (χ1) is 8.53. The van der Waals surface area contributed by atoms with E-state index in [4.69, 9.17) is 4.74 Å². The summed E-state index contributed by atoms with van der Waals surface area (Å²) in [6, 6.07) is 0. The Morgan fingerprint density at radius 1 is 1.21 bits per heavy atom. The second-order valence-corrected chi connectivity index (χ2v) is 6.31. The van der Waals surface area contributed by atoms with Crippen molar-refractivity contribution >= 4 is 11.8 Å². The van der Waals surface area contributed by atoms with Crippen molar-refractivity contribution in [3.63, 3.8) is 0 Å². The Labute approximate surface area is 138 Å². The number of aromatic nitrogens is 2. The lowest BCUT2D eigenvalue weighted by Crippen LogP contribution is -3.00. The minimum atomic E-state index is 0. The molecule has 0 saturated heterocycles. The van der Waals surface area contributed by atoms with Crippen molar-refractivity contribution in [2.24, 2.45) is 0 Å². The van der Waals surface area contributed by atoms with Crippen LogP contribution in [-0.4, -0.2) is 54.5 Å². The smallest absolute Gasteiger partial charge is 0.246 e. The minimum Gasteiger partial charge on any atom is -1.00 e. The summed E-state index contributed by atoms with van der Waals surface area (Å²) in [5.74, 6) is 1.74. The van der Waals surface area contributed by atoms with E-state index in [9.17, 15) is 0 Å². The summed E-state index contributed by atoms with van der Waals surface area (Å²) in [7, 11) is 6.45. The van der Waals surface area contributed by atoms with Gasteiger partial charge in [-0.3, -0.25) is 0 Å². The molecule has 0 N–H and O–H groups in total. The lowest BCUT2D eigenvalue weighted by molar-refractivity contribution is -0.870. The molecular formula is C13H24IN3OS. The molecule has 0 bridgehead atoms. The fourth-order valence-electron chi connectivity index (χ4n) is 1.24. The van der Waals surface area contributed by atoms with Crippen LogP contribution in [0.15, 0.2) is 17.4 Å². The van der Waals surface area contributed by atoms with E-state index in [-0.39, 0.29) is 24.0 Å². The van der Waals surface area contributed by atoms with Crippen LogP contribution in [0.25, 0.3) is 0 Å². The van der Waals surface area contributed by atoms with Crippen LogP contribution >= 0.6 is 11.8 Å². The molecule has 110 valence electrons. The highest BCUT2D eigenvalue weighted by atomic mass is 127. The number of ether oxygens (including phenoxy) is 1.